The Morgan fingerprint density at radius 2 is 1.69 bits per heavy atom. The molecule has 2 amide bonds. The fraction of sp³-hybridized carbons (Fsp3) is 0.609. The first-order chi connectivity index (χ1) is 14.0. The molecule has 6 heteroatoms. The number of nitrogens with one attached hydrogen (secondary N) is 1. The second-order valence-electron chi connectivity index (χ2n) is 8.30. The maximum absolute atomic E-state index is 12.7. The number of benzene rings is 1. The zero-order valence-electron chi connectivity index (χ0n) is 17.5. The van der Waals surface area contributed by atoms with E-state index in [1.807, 2.05) is 31.2 Å². The Hall–Kier alpha value is -2.37. The first-order valence-corrected chi connectivity index (χ1v) is 10.8. The molecule has 1 aromatic rings. The lowest BCUT2D eigenvalue weighted by Gasteiger charge is -2.32. The van der Waals surface area contributed by atoms with Crippen molar-refractivity contribution in [3.63, 3.8) is 0 Å². The zero-order chi connectivity index (χ0) is 20.8. The number of ether oxygens (including phenoxy) is 1. The molecule has 1 heterocycles. The van der Waals surface area contributed by atoms with E-state index in [9.17, 15) is 14.4 Å². The summed E-state index contributed by atoms with van der Waals surface area (Å²) in [5, 5.41) is 3.00. The first kappa shape index (κ1) is 21.3. The van der Waals surface area contributed by atoms with Crippen LogP contribution in [0.3, 0.4) is 0 Å². The predicted octanol–water partition coefficient (Wildman–Crippen LogP) is 3.23. The van der Waals surface area contributed by atoms with Gasteiger partial charge < -0.3 is 15.0 Å². The molecular weight excluding hydrogens is 368 g/mol. The molecule has 1 N–H and O–H groups in total. The molecule has 0 unspecified atom stereocenters. The molecule has 1 aliphatic heterocycles. The van der Waals surface area contributed by atoms with Crippen molar-refractivity contribution in [3.8, 4) is 0 Å². The molecule has 1 atom stereocenters. The van der Waals surface area contributed by atoms with Gasteiger partial charge in [0.1, 0.15) is 0 Å². The van der Waals surface area contributed by atoms with Gasteiger partial charge in [0.25, 0.3) is 11.8 Å². The van der Waals surface area contributed by atoms with Gasteiger partial charge in [0.2, 0.25) is 0 Å². The van der Waals surface area contributed by atoms with Gasteiger partial charge in [0, 0.05) is 24.7 Å². The van der Waals surface area contributed by atoms with Crippen LogP contribution in [-0.2, 0) is 14.3 Å². The average Bonchev–Trinajstić information content (AvgIpc) is 2.74. The van der Waals surface area contributed by atoms with E-state index in [4.69, 9.17) is 4.74 Å². The number of esters is 1. The van der Waals surface area contributed by atoms with Gasteiger partial charge in [-0.05, 0) is 51.2 Å². The number of rotatable bonds is 5. The van der Waals surface area contributed by atoms with Crippen molar-refractivity contribution in [2.45, 2.75) is 70.9 Å². The third-order valence-corrected chi connectivity index (χ3v) is 6.10. The summed E-state index contributed by atoms with van der Waals surface area (Å²) in [6, 6.07) is 7.75. The van der Waals surface area contributed by atoms with Crippen molar-refractivity contribution in [1.82, 2.24) is 10.2 Å². The molecule has 3 rings (SSSR count). The normalized spacial score (nSPS) is 19.4. The van der Waals surface area contributed by atoms with Crippen LogP contribution in [0.5, 0.6) is 0 Å². The van der Waals surface area contributed by atoms with Crippen LogP contribution in [0.2, 0.25) is 0 Å². The third kappa shape index (κ3) is 5.58. The van der Waals surface area contributed by atoms with E-state index in [0.717, 1.165) is 31.2 Å². The minimum Gasteiger partial charge on any atom is -0.452 e. The minimum atomic E-state index is -0.781. The van der Waals surface area contributed by atoms with E-state index in [0.29, 0.717) is 31.5 Å². The third-order valence-electron chi connectivity index (χ3n) is 6.10. The number of nitrogens with zero attached hydrogens (tertiary/aromatic N) is 1. The van der Waals surface area contributed by atoms with Gasteiger partial charge in [-0.15, -0.1) is 0 Å². The number of amides is 2. The highest BCUT2D eigenvalue weighted by Gasteiger charge is 2.31. The van der Waals surface area contributed by atoms with Crippen molar-refractivity contribution in [2.75, 3.05) is 13.1 Å². The summed E-state index contributed by atoms with van der Waals surface area (Å²) in [5.74, 6) is -0.798. The lowest BCUT2D eigenvalue weighted by atomic mass is 9.95. The number of aryl methyl sites for hydroxylation is 1. The molecule has 1 aromatic carbocycles. The van der Waals surface area contributed by atoms with Crippen molar-refractivity contribution >= 4 is 17.8 Å². The summed E-state index contributed by atoms with van der Waals surface area (Å²) in [5.41, 5.74) is 1.67. The summed E-state index contributed by atoms with van der Waals surface area (Å²) in [4.78, 5) is 39.3. The van der Waals surface area contributed by atoms with Gasteiger partial charge in [-0.1, -0.05) is 37.5 Å². The lowest BCUT2D eigenvalue weighted by Crippen LogP contribution is -2.45. The highest BCUT2D eigenvalue weighted by Crippen LogP contribution is 2.22. The van der Waals surface area contributed by atoms with Gasteiger partial charge in [-0.3, -0.25) is 14.4 Å². The van der Waals surface area contributed by atoms with E-state index in [-0.39, 0.29) is 29.7 Å². The number of hydrogen-bond donors (Lipinski definition) is 1. The zero-order valence-corrected chi connectivity index (χ0v) is 17.5. The van der Waals surface area contributed by atoms with Crippen LogP contribution in [0, 0.1) is 12.8 Å². The van der Waals surface area contributed by atoms with Crippen LogP contribution in [-0.4, -0.2) is 47.9 Å². The summed E-state index contributed by atoms with van der Waals surface area (Å²) in [6.45, 7) is 4.61. The molecular formula is C23H32N2O4. The van der Waals surface area contributed by atoms with E-state index in [1.165, 1.54) is 6.42 Å². The molecule has 6 nitrogen and oxygen atoms in total. The van der Waals surface area contributed by atoms with E-state index >= 15 is 0 Å². The van der Waals surface area contributed by atoms with Crippen molar-refractivity contribution < 1.29 is 19.1 Å². The molecule has 1 aliphatic carbocycles. The van der Waals surface area contributed by atoms with Crippen LogP contribution in [0.4, 0.5) is 0 Å². The molecule has 2 fully saturated rings. The molecule has 0 spiro atoms. The fourth-order valence-electron chi connectivity index (χ4n) is 4.19. The standard InChI is InChI=1S/C23H32N2O4/c1-16-8-6-7-11-20(16)22(27)25-14-12-18(13-15-25)23(28)29-17(2)21(26)24-19-9-4-3-5-10-19/h6-8,11,17-19H,3-5,9-10,12-15H2,1-2H3,(H,24,26)/t17-/m0/s1. The number of likely N-dealkylation sites (tertiary alicyclic amines) is 1. The molecule has 1 saturated carbocycles. The van der Waals surface area contributed by atoms with Crippen molar-refractivity contribution in [1.29, 1.82) is 0 Å². The van der Waals surface area contributed by atoms with Gasteiger partial charge in [0.15, 0.2) is 6.10 Å². The van der Waals surface area contributed by atoms with E-state index in [2.05, 4.69) is 5.32 Å². The Morgan fingerprint density at radius 3 is 2.34 bits per heavy atom. The Kier molecular flexibility index (Phi) is 7.29. The Balaban J connectivity index is 1.45. The average molecular weight is 401 g/mol. The fourth-order valence-corrected chi connectivity index (χ4v) is 4.19. The topological polar surface area (TPSA) is 75.7 Å². The number of piperidine rings is 1. The van der Waals surface area contributed by atoms with Crippen molar-refractivity contribution in [3.05, 3.63) is 35.4 Å². The summed E-state index contributed by atoms with van der Waals surface area (Å²) in [6.07, 6.45) is 5.84. The molecule has 29 heavy (non-hydrogen) atoms. The van der Waals surface area contributed by atoms with Gasteiger partial charge in [-0.25, -0.2) is 0 Å². The Labute approximate surface area is 173 Å². The van der Waals surface area contributed by atoms with Crippen LogP contribution in [0.15, 0.2) is 24.3 Å². The highest BCUT2D eigenvalue weighted by atomic mass is 16.5. The second kappa shape index (κ2) is 9.90. The van der Waals surface area contributed by atoms with E-state index in [1.54, 1.807) is 11.8 Å². The molecule has 0 bridgehead atoms. The molecule has 2 aliphatic rings. The van der Waals surface area contributed by atoms with Crippen LogP contribution >= 0.6 is 0 Å². The summed E-state index contributed by atoms with van der Waals surface area (Å²) < 4.78 is 5.44. The predicted molar refractivity (Wildman–Crippen MR) is 110 cm³/mol. The SMILES string of the molecule is Cc1ccccc1C(=O)N1CCC(C(=O)O[C@@H](C)C(=O)NC2CCCCC2)CC1. The van der Waals surface area contributed by atoms with E-state index < -0.39 is 6.10 Å². The molecule has 158 valence electrons. The van der Waals surface area contributed by atoms with Crippen LogP contribution in [0.25, 0.3) is 0 Å². The minimum absolute atomic E-state index is 0.00939. The monoisotopic (exact) mass is 400 g/mol. The van der Waals surface area contributed by atoms with Gasteiger partial charge >= 0.3 is 5.97 Å². The maximum Gasteiger partial charge on any atom is 0.309 e. The lowest BCUT2D eigenvalue weighted by molar-refractivity contribution is -0.160. The summed E-state index contributed by atoms with van der Waals surface area (Å²) >= 11 is 0. The first-order valence-electron chi connectivity index (χ1n) is 10.8. The highest BCUT2D eigenvalue weighted by molar-refractivity contribution is 5.95. The van der Waals surface area contributed by atoms with Crippen LogP contribution < -0.4 is 5.32 Å². The Bertz CT molecular complexity index is 734. The van der Waals surface area contributed by atoms with Gasteiger partial charge in [-0.2, -0.15) is 0 Å². The number of carbonyl (C=O) groups excluding carboxylic acids is 3. The van der Waals surface area contributed by atoms with Crippen LogP contribution in [0.1, 0.15) is 67.8 Å². The largest absolute Gasteiger partial charge is 0.452 e. The van der Waals surface area contributed by atoms with Crippen molar-refractivity contribution in [2.24, 2.45) is 5.92 Å². The number of carbonyl (C=O) groups is 3. The molecule has 0 radical (unpaired) electrons. The summed E-state index contributed by atoms with van der Waals surface area (Å²) in [7, 11) is 0. The smallest absolute Gasteiger partial charge is 0.309 e. The quantitative estimate of drug-likeness (QED) is 0.770. The maximum atomic E-state index is 12.7. The molecule has 0 aromatic heterocycles. The second-order valence-corrected chi connectivity index (χ2v) is 8.30. The molecule has 1 saturated heterocycles. The van der Waals surface area contributed by atoms with Gasteiger partial charge in [0.05, 0.1) is 5.92 Å². The Morgan fingerprint density at radius 1 is 1.03 bits per heavy atom. The number of hydrogen-bond acceptors (Lipinski definition) is 4.